The van der Waals surface area contributed by atoms with Gasteiger partial charge in [-0.05, 0) is 13.2 Å². The van der Waals surface area contributed by atoms with Crippen molar-refractivity contribution < 1.29 is 52.4 Å². The SMILES string of the molecule is CCOC(=O)/C(C#N)=C(/SC)S[C@@H]1O[C@H](COC(C)=O)[C@H](OC(C)=O)[C@H](OC(C)=O)[C@H]1OC(C)=O. The maximum absolute atomic E-state index is 12.3. The fraction of sp³-hybridized carbons (Fsp3) is 0.619. The standard InChI is InChI=1S/C21H27NO11S2/c1-7-28-19(27)14(8-22)21(34-6)35-20-18(32-13(5)26)17(31-12(4)25)16(30-11(3)24)15(33-20)9-29-10(2)23/h15-18,20H,7,9H2,1-6H3/b21-14-/t15-,16+,17+,18-,20+/m1/s1. The van der Waals surface area contributed by atoms with Gasteiger partial charge in [-0.15, -0.1) is 11.8 Å². The molecule has 0 saturated carbocycles. The van der Waals surface area contributed by atoms with Crippen molar-refractivity contribution in [2.75, 3.05) is 19.5 Å². The molecular formula is C21H27NO11S2. The van der Waals surface area contributed by atoms with Gasteiger partial charge in [0.05, 0.1) is 10.8 Å². The lowest BCUT2D eigenvalue weighted by Crippen LogP contribution is -2.61. The summed E-state index contributed by atoms with van der Waals surface area (Å²) in [6, 6.07) is 1.79. The molecule has 0 amide bonds. The zero-order valence-electron chi connectivity index (χ0n) is 20.1. The van der Waals surface area contributed by atoms with Crippen molar-refractivity contribution in [2.45, 2.75) is 64.5 Å². The van der Waals surface area contributed by atoms with Crippen LogP contribution in [-0.2, 0) is 52.4 Å². The Labute approximate surface area is 210 Å². The van der Waals surface area contributed by atoms with E-state index in [1.54, 1.807) is 19.2 Å². The summed E-state index contributed by atoms with van der Waals surface area (Å²) in [7, 11) is 0. The van der Waals surface area contributed by atoms with Crippen molar-refractivity contribution in [2.24, 2.45) is 0 Å². The number of esters is 5. The summed E-state index contributed by atoms with van der Waals surface area (Å²) in [5, 5.41) is 9.53. The first-order valence-electron chi connectivity index (χ1n) is 10.3. The highest BCUT2D eigenvalue weighted by molar-refractivity contribution is 8.22. The largest absolute Gasteiger partial charge is 0.463 e. The number of thioether (sulfide) groups is 2. The smallest absolute Gasteiger partial charge is 0.350 e. The summed E-state index contributed by atoms with van der Waals surface area (Å²) in [5.41, 5.74) is -1.48. The van der Waals surface area contributed by atoms with E-state index in [0.29, 0.717) is 0 Å². The Kier molecular flexibility index (Phi) is 12.6. The van der Waals surface area contributed by atoms with E-state index in [-0.39, 0.29) is 16.4 Å². The Morgan fingerprint density at radius 1 is 0.857 bits per heavy atom. The zero-order valence-corrected chi connectivity index (χ0v) is 21.7. The van der Waals surface area contributed by atoms with Crippen LogP contribution >= 0.6 is 23.5 Å². The van der Waals surface area contributed by atoms with Gasteiger partial charge < -0.3 is 28.4 Å². The van der Waals surface area contributed by atoms with Crippen LogP contribution in [0.2, 0.25) is 0 Å². The van der Waals surface area contributed by atoms with Crippen LogP contribution in [0.5, 0.6) is 0 Å². The molecule has 1 heterocycles. The quantitative estimate of drug-likeness (QED) is 0.171. The molecule has 35 heavy (non-hydrogen) atoms. The first-order chi connectivity index (χ1) is 16.4. The summed E-state index contributed by atoms with van der Waals surface area (Å²) < 4.78 is 32.1. The van der Waals surface area contributed by atoms with Gasteiger partial charge in [-0.2, -0.15) is 5.26 Å². The van der Waals surface area contributed by atoms with Crippen molar-refractivity contribution in [3.8, 4) is 6.07 Å². The Morgan fingerprint density at radius 2 is 1.40 bits per heavy atom. The molecule has 0 N–H and O–H groups in total. The maximum atomic E-state index is 12.3. The molecular weight excluding hydrogens is 506 g/mol. The molecule has 1 rings (SSSR count). The van der Waals surface area contributed by atoms with Crippen LogP contribution in [0.3, 0.4) is 0 Å². The van der Waals surface area contributed by atoms with Gasteiger partial charge in [0.2, 0.25) is 0 Å². The molecule has 1 aliphatic rings. The van der Waals surface area contributed by atoms with Gasteiger partial charge in [0.1, 0.15) is 24.2 Å². The van der Waals surface area contributed by atoms with Gasteiger partial charge in [-0.1, -0.05) is 11.8 Å². The number of hydrogen-bond donors (Lipinski definition) is 0. The number of nitrogens with zero attached hydrogens (tertiary/aromatic N) is 1. The Morgan fingerprint density at radius 3 is 1.86 bits per heavy atom. The van der Waals surface area contributed by atoms with Crippen LogP contribution in [-0.4, -0.2) is 79.2 Å². The fourth-order valence-corrected chi connectivity index (χ4v) is 4.98. The molecule has 0 bridgehead atoms. The summed E-state index contributed by atoms with van der Waals surface area (Å²) in [4.78, 5) is 59.3. The molecule has 0 aliphatic carbocycles. The van der Waals surface area contributed by atoms with Crippen molar-refractivity contribution in [1.82, 2.24) is 0 Å². The van der Waals surface area contributed by atoms with Crippen LogP contribution in [0.4, 0.5) is 0 Å². The highest BCUT2D eigenvalue weighted by atomic mass is 32.2. The third-order valence-electron chi connectivity index (χ3n) is 4.15. The van der Waals surface area contributed by atoms with E-state index < -0.39 is 66.3 Å². The van der Waals surface area contributed by atoms with Gasteiger partial charge in [0.15, 0.2) is 23.9 Å². The van der Waals surface area contributed by atoms with Crippen LogP contribution < -0.4 is 0 Å². The number of rotatable bonds is 10. The minimum atomic E-state index is -1.36. The van der Waals surface area contributed by atoms with E-state index in [4.69, 9.17) is 28.4 Å². The number of carbonyl (C=O) groups excluding carboxylic acids is 5. The number of nitriles is 1. The maximum Gasteiger partial charge on any atom is 0.350 e. The highest BCUT2D eigenvalue weighted by Crippen LogP contribution is 2.41. The van der Waals surface area contributed by atoms with Crippen molar-refractivity contribution in [1.29, 1.82) is 5.26 Å². The van der Waals surface area contributed by atoms with Crippen LogP contribution in [0.1, 0.15) is 34.6 Å². The summed E-state index contributed by atoms with van der Waals surface area (Å²) in [5.74, 6) is -3.80. The van der Waals surface area contributed by atoms with Crippen LogP contribution in [0.15, 0.2) is 9.81 Å². The van der Waals surface area contributed by atoms with E-state index in [1.165, 1.54) is 0 Å². The monoisotopic (exact) mass is 533 g/mol. The lowest BCUT2D eigenvalue weighted by atomic mass is 9.99. The first kappa shape index (κ1) is 30.3. The molecule has 5 atom stereocenters. The van der Waals surface area contributed by atoms with Gasteiger partial charge in [0, 0.05) is 27.7 Å². The first-order valence-corrected chi connectivity index (χ1v) is 12.4. The van der Waals surface area contributed by atoms with E-state index in [2.05, 4.69) is 0 Å². The van der Waals surface area contributed by atoms with Gasteiger partial charge in [0.25, 0.3) is 0 Å². The topological polar surface area (TPSA) is 165 Å². The average molecular weight is 534 g/mol. The molecule has 0 radical (unpaired) electrons. The average Bonchev–Trinajstić information content (AvgIpc) is 2.75. The van der Waals surface area contributed by atoms with E-state index in [0.717, 1.165) is 51.2 Å². The molecule has 1 aliphatic heterocycles. The fourth-order valence-electron chi connectivity index (χ4n) is 2.98. The van der Waals surface area contributed by atoms with Crippen LogP contribution in [0, 0.1) is 11.3 Å². The van der Waals surface area contributed by atoms with Crippen molar-refractivity contribution >= 4 is 53.4 Å². The normalized spacial score (nSPS) is 24.2. The molecule has 194 valence electrons. The number of carbonyl (C=O) groups is 5. The molecule has 14 heteroatoms. The van der Waals surface area contributed by atoms with Crippen molar-refractivity contribution in [3.05, 3.63) is 9.81 Å². The Bertz CT molecular complexity index is 898. The van der Waals surface area contributed by atoms with Gasteiger partial charge in [-0.25, -0.2) is 4.79 Å². The Hall–Kier alpha value is -2.76. The molecule has 0 aromatic carbocycles. The number of hydrogen-bond acceptors (Lipinski definition) is 14. The predicted molar refractivity (Wildman–Crippen MR) is 122 cm³/mol. The lowest BCUT2D eigenvalue weighted by Gasteiger charge is -2.44. The second-order valence-corrected chi connectivity index (χ2v) is 9.07. The predicted octanol–water partition coefficient (Wildman–Crippen LogP) is 1.46. The highest BCUT2D eigenvalue weighted by Gasteiger charge is 2.52. The summed E-state index contributed by atoms with van der Waals surface area (Å²) in [6.45, 7) is 5.72. The lowest BCUT2D eigenvalue weighted by molar-refractivity contribution is -0.237. The van der Waals surface area contributed by atoms with E-state index >= 15 is 0 Å². The molecule has 1 saturated heterocycles. The molecule has 0 aromatic rings. The van der Waals surface area contributed by atoms with Gasteiger partial charge in [-0.3, -0.25) is 19.2 Å². The van der Waals surface area contributed by atoms with Crippen molar-refractivity contribution in [3.63, 3.8) is 0 Å². The summed E-state index contributed by atoms with van der Waals surface area (Å²) in [6.07, 6.45) is -3.54. The number of ether oxygens (including phenoxy) is 6. The van der Waals surface area contributed by atoms with Crippen LogP contribution in [0.25, 0.3) is 0 Å². The van der Waals surface area contributed by atoms with E-state index in [1.807, 2.05) is 0 Å². The molecule has 0 spiro atoms. The Balaban J connectivity index is 3.57. The minimum absolute atomic E-state index is 0.0371. The molecule has 0 aromatic heterocycles. The third kappa shape index (κ3) is 9.42. The molecule has 1 fully saturated rings. The van der Waals surface area contributed by atoms with E-state index in [9.17, 15) is 29.2 Å². The minimum Gasteiger partial charge on any atom is -0.463 e. The molecule has 0 unspecified atom stereocenters. The third-order valence-corrected chi connectivity index (χ3v) is 6.55. The second-order valence-electron chi connectivity index (χ2n) is 6.88. The second kappa shape index (κ2) is 14.6. The zero-order chi connectivity index (χ0) is 26.7. The summed E-state index contributed by atoms with van der Waals surface area (Å²) >= 11 is 1.88. The molecule has 12 nitrogen and oxygen atoms in total. The van der Waals surface area contributed by atoms with Gasteiger partial charge >= 0.3 is 29.8 Å².